The van der Waals surface area contributed by atoms with E-state index >= 15 is 0 Å². The zero-order chi connectivity index (χ0) is 15.7. The molecule has 0 aliphatic carbocycles. The summed E-state index contributed by atoms with van der Waals surface area (Å²) in [6, 6.07) is 5.96. The van der Waals surface area contributed by atoms with Crippen LogP contribution in [0.15, 0.2) is 24.3 Å². The van der Waals surface area contributed by atoms with E-state index in [1.54, 1.807) is 20.3 Å². The fourth-order valence-corrected chi connectivity index (χ4v) is 1.98. The smallest absolute Gasteiger partial charge is 0.328 e. The minimum Gasteiger partial charge on any atom is -0.478 e. The second-order valence-electron chi connectivity index (χ2n) is 4.69. The van der Waals surface area contributed by atoms with Crippen LogP contribution in [0.2, 0.25) is 0 Å². The highest BCUT2D eigenvalue weighted by molar-refractivity contribution is 5.85. The van der Waals surface area contributed by atoms with Gasteiger partial charge in [-0.3, -0.25) is 0 Å². The van der Waals surface area contributed by atoms with Crippen molar-refractivity contribution in [3.8, 4) is 0 Å². The van der Waals surface area contributed by atoms with Crippen molar-refractivity contribution >= 4 is 17.7 Å². The highest BCUT2D eigenvalue weighted by Crippen LogP contribution is 2.20. The van der Waals surface area contributed by atoms with Gasteiger partial charge in [-0.15, -0.1) is 0 Å². The number of carboxylic acids is 1. The molecule has 116 valence electrons. The number of benzene rings is 1. The first kappa shape index (κ1) is 17.2. The third-order valence-electron chi connectivity index (χ3n) is 3.15. The number of aliphatic carboxylic acids is 1. The van der Waals surface area contributed by atoms with Gasteiger partial charge in [0.15, 0.2) is 0 Å². The topological polar surface area (TPSA) is 59.0 Å². The summed E-state index contributed by atoms with van der Waals surface area (Å²) in [5, 5.41) is 8.68. The first-order valence-corrected chi connectivity index (χ1v) is 6.83. The number of anilines is 1. The summed E-state index contributed by atoms with van der Waals surface area (Å²) >= 11 is 0. The molecule has 0 radical (unpaired) electrons. The Morgan fingerprint density at radius 3 is 2.33 bits per heavy atom. The average Bonchev–Trinajstić information content (AvgIpc) is 2.46. The molecule has 0 aliphatic heterocycles. The Kier molecular flexibility index (Phi) is 7.50. The van der Waals surface area contributed by atoms with Crippen molar-refractivity contribution in [1.82, 2.24) is 0 Å². The fourth-order valence-electron chi connectivity index (χ4n) is 1.98. The minimum absolute atomic E-state index is 0.642. The van der Waals surface area contributed by atoms with Gasteiger partial charge in [-0.1, -0.05) is 6.07 Å². The maximum absolute atomic E-state index is 10.6. The van der Waals surface area contributed by atoms with Crippen LogP contribution in [0.4, 0.5) is 5.69 Å². The number of carboxylic acid groups (broad SMARTS) is 1. The number of rotatable bonds is 9. The van der Waals surface area contributed by atoms with E-state index in [0.29, 0.717) is 13.2 Å². The van der Waals surface area contributed by atoms with Crippen LogP contribution < -0.4 is 4.90 Å². The number of aryl methyl sites for hydroxylation is 1. The Bertz CT molecular complexity index is 477. The molecule has 0 bridgehead atoms. The molecule has 0 saturated heterocycles. The summed E-state index contributed by atoms with van der Waals surface area (Å²) in [7, 11) is 3.36. The van der Waals surface area contributed by atoms with Crippen molar-refractivity contribution in [2.24, 2.45) is 0 Å². The molecule has 1 aromatic carbocycles. The molecular formula is C16H23NO4. The van der Waals surface area contributed by atoms with Gasteiger partial charge in [0.05, 0.1) is 13.2 Å². The van der Waals surface area contributed by atoms with Gasteiger partial charge < -0.3 is 19.5 Å². The summed E-state index contributed by atoms with van der Waals surface area (Å²) in [5.74, 6) is -0.944. The summed E-state index contributed by atoms with van der Waals surface area (Å²) in [6.07, 6.45) is 2.76. The third-order valence-corrected chi connectivity index (χ3v) is 3.15. The van der Waals surface area contributed by atoms with Crippen LogP contribution in [-0.4, -0.2) is 51.6 Å². The molecule has 5 nitrogen and oxygen atoms in total. The standard InChI is InChI=1S/C16H23NO4/c1-13-12-15(6-4-14(13)5-7-16(18)19)17(8-10-20-2)9-11-21-3/h4-7,12H,8-11H2,1-3H3,(H,18,19). The number of nitrogens with zero attached hydrogens (tertiary/aromatic N) is 1. The summed E-state index contributed by atoms with van der Waals surface area (Å²) in [6.45, 7) is 4.82. The van der Waals surface area contributed by atoms with E-state index in [4.69, 9.17) is 14.6 Å². The Hall–Kier alpha value is -1.85. The number of carbonyl (C=O) groups is 1. The predicted octanol–water partition coefficient (Wildman–Crippen LogP) is 2.19. The molecule has 0 spiro atoms. The van der Waals surface area contributed by atoms with Crippen LogP contribution in [-0.2, 0) is 14.3 Å². The van der Waals surface area contributed by atoms with Crippen LogP contribution >= 0.6 is 0 Å². The molecule has 0 atom stereocenters. The first-order chi connectivity index (χ1) is 10.1. The van der Waals surface area contributed by atoms with Crippen LogP contribution in [0, 0.1) is 6.92 Å². The zero-order valence-corrected chi connectivity index (χ0v) is 12.8. The minimum atomic E-state index is -0.944. The molecular weight excluding hydrogens is 270 g/mol. The van der Waals surface area contributed by atoms with Gasteiger partial charge >= 0.3 is 5.97 Å². The fraction of sp³-hybridized carbons (Fsp3) is 0.438. The summed E-state index contributed by atoms with van der Waals surface area (Å²) in [5.41, 5.74) is 3.01. The Morgan fingerprint density at radius 1 is 1.24 bits per heavy atom. The second kappa shape index (κ2) is 9.15. The van der Waals surface area contributed by atoms with Crippen LogP contribution in [0.5, 0.6) is 0 Å². The zero-order valence-electron chi connectivity index (χ0n) is 12.8. The number of hydrogen-bond acceptors (Lipinski definition) is 4. The lowest BCUT2D eigenvalue weighted by molar-refractivity contribution is -0.131. The van der Waals surface area contributed by atoms with E-state index < -0.39 is 5.97 Å². The van der Waals surface area contributed by atoms with Crippen LogP contribution in [0.25, 0.3) is 6.08 Å². The highest BCUT2D eigenvalue weighted by Gasteiger charge is 2.07. The van der Waals surface area contributed by atoms with Crippen LogP contribution in [0.3, 0.4) is 0 Å². The van der Waals surface area contributed by atoms with Crippen LogP contribution in [0.1, 0.15) is 11.1 Å². The maximum Gasteiger partial charge on any atom is 0.328 e. The number of hydrogen-bond donors (Lipinski definition) is 1. The Balaban J connectivity index is 2.88. The molecule has 5 heteroatoms. The van der Waals surface area contributed by atoms with Crippen molar-refractivity contribution in [2.75, 3.05) is 45.4 Å². The third kappa shape index (κ3) is 5.97. The molecule has 1 rings (SSSR count). The lowest BCUT2D eigenvalue weighted by atomic mass is 10.1. The lowest BCUT2D eigenvalue weighted by Crippen LogP contribution is -2.30. The monoisotopic (exact) mass is 293 g/mol. The quantitative estimate of drug-likeness (QED) is 0.707. The van der Waals surface area contributed by atoms with Gasteiger partial charge in [0, 0.05) is 39.1 Å². The maximum atomic E-state index is 10.6. The van der Waals surface area contributed by atoms with Gasteiger partial charge in [-0.2, -0.15) is 0 Å². The van der Waals surface area contributed by atoms with E-state index in [-0.39, 0.29) is 0 Å². The SMILES string of the molecule is COCCN(CCOC)c1ccc(C=CC(=O)O)c(C)c1. The molecule has 1 N–H and O–H groups in total. The molecule has 1 aromatic rings. The largest absolute Gasteiger partial charge is 0.478 e. The van der Waals surface area contributed by atoms with Gasteiger partial charge in [0.25, 0.3) is 0 Å². The van der Waals surface area contributed by atoms with E-state index in [9.17, 15) is 4.79 Å². The van der Waals surface area contributed by atoms with Gasteiger partial charge in [-0.25, -0.2) is 4.79 Å². The van der Waals surface area contributed by atoms with Gasteiger partial charge in [0.2, 0.25) is 0 Å². The first-order valence-electron chi connectivity index (χ1n) is 6.83. The van der Waals surface area contributed by atoms with E-state index in [0.717, 1.165) is 36.0 Å². The lowest BCUT2D eigenvalue weighted by Gasteiger charge is -2.25. The summed E-state index contributed by atoms with van der Waals surface area (Å²) in [4.78, 5) is 12.8. The van der Waals surface area contributed by atoms with Crippen molar-refractivity contribution < 1.29 is 19.4 Å². The molecule has 0 fully saturated rings. The average molecular weight is 293 g/mol. The normalized spacial score (nSPS) is 11.0. The number of methoxy groups -OCH3 is 2. The molecule has 0 unspecified atom stereocenters. The van der Waals surface area contributed by atoms with Gasteiger partial charge in [0.1, 0.15) is 0 Å². The van der Waals surface area contributed by atoms with Crippen molar-refractivity contribution in [3.63, 3.8) is 0 Å². The van der Waals surface area contributed by atoms with Crippen molar-refractivity contribution in [2.45, 2.75) is 6.92 Å². The molecule has 0 heterocycles. The molecule has 0 aromatic heterocycles. The predicted molar refractivity (Wildman–Crippen MR) is 83.8 cm³/mol. The molecule has 0 amide bonds. The number of ether oxygens (including phenoxy) is 2. The Labute approximate surface area is 125 Å². The van der Waals surface area contributed by atoms with E-state index in [1.807, 2.05) is 25.1 Å². The summed E-state index contributed by atoms with van der Waals surface area (Å²) < 4.78 is 10.3. The highest BCUT2D eigenvalue weighted by atomic mass is 16.5. The van der Waals surface area contributed by atoms with Crippen molar-refractivity contribution in [3.05, 3.63) is 35.4 Å². The Morgan fingerprint density at radius 2 is 1.86 bits per heavy atom. The molecule has 21 heavy (non-hydrogen) atoms. The molecule has 0 aliphatic rings. The second-order valence-corrected chi connectivity index (χ2v) is 4.69. The van der Waals surface area contributed by atoms with Gasteiger partial charge in [-0.05, 0) is 36.3 Å². The molecule has 0 saturated carbocycles. The van der Waals surface area contributed by atoms with Crippen molar-refractivity contribution in [1.29, 1.82) is 0 Å². The van der Waals surface area contributed by atoms with E-state index in [1.165, 1.54) is 0 Å². The van der Waals surface area contributed by atoms with E-state index in [2.05, 4.69) is 4.90 Å².